The molecule has 15 heteroatoms. The van der Waals surface area contributed by atoms with Gasteiger partial charge < -0.3 is 23.8 Å². The van der Waals surface area contributed by atoms with Crippen molar-refractivity contribution >= 4 is 28.7 Å². The average molecular weight is 888 g/mol. The predicted octanol–water partition coefficient (Wildman–Crippen LogP) is 5.67. The fourth-order valence-corrected chi connectivity index (χ4v) is 11.7. The van der Waals surface area contributed by atoms with E-state index in [1.165, 1.54) is 17.9 Å². The minimum absolute atomic E-state index is 0.00629. The summed E-state index contributed by atoms with van der Waals surface area (Å²) in [5.74, 6) is -0.373. The lowest BCUT2D eigenvalue weighted by Gasteiger charge is -2.55. The van der Waals surface area contributed by atoms with Gasteiger partial charge >= 0.3 is 5.97 Å². The Balaban J connectivity index is 1.07. The quantitative estimate of drug-likeness (QED) is 0.210. The number of carbonyl (C=O) groups excluding carboxylic acids is 3. The van der Waals surface area contributed by atoms with E-state index in [1.807, 2.05) is 19.2 Å². The zero-order chi connectivity index (χ0) is 44.9. The number of hydrogen-bond acceptors (Lipinski definition) is 12. The third-order valence-corrected chi connectivity index (χ3v) is 16.0. The van der Waals surface area contributed by atoms with Gasteiger partial charge in [0.25, 0.3) is 5.91 Å². The summed E-state index contributed by atoms with van der Waals surface area (Å²) < 4.78 is 21.3. The number of hydrogen-bond donors (Lipinski definition) is 2. The maximum absolute atomic E-state index is 15.1. The van der Waals surface area contributed by atoms with Gasteiger partial charge in [0.15, 0.2) is 0 Å². The normalized spacial score (nSPS) is 29.0. The van der Waals surface area contributed by atoms with Crippen LogP contribution >= 0.6 is 0 Å². The van der Waals surface area contributed by atoms with Gasteiger partial charge in [0.2, 0.25) is 11.8 Å². The van der Waals surface area contributed by atoms with Crippen molar-refractivity contribution in [1.29, 1.82) is 0 Å². The molecule has 6 fully saturated rings. The fraction of sp³-hybridized carbons (Fsp3) is 0.620. The molecule has 6 bridgehead atoms. The van der Waals surface area contributed by atoms with Crippen LogP contribution in [-0.2, 0) is 30.3 Å². The maximum atomic E-state index is 15.1. The summed E-state index contributed by atoms with van der Waals surface area (Å²) in [6, 6.07) is 9.28. The van der Waals surface area contributed by atoms with Crippen molar-refractivity contribution in [3.8, 4) is 22.5 Å². The standard InChI is InChI=1S/C50H65N9O6/c1-29-20-35(29)45(60)53-42-44(57-26-50(27-57)16-9-18-55(50)5)46-52-39(25-64-46)31-12-15-40-36(21-31)37(22-49(3,4)28-65-48(62)38-11-8-19-58(54-38)47(42)61)43(34-10-7-17-51-41(34)30(2)63-6)59(40)33-23-56(24-33)32-13-14-32/h7,10,12,15,17,21,25,29-30,32-33,35,38,42,44,54H,8-9,11,13-14,16,18-20,22-24,26-28H2,1-6H3,(H,53,60)/t29-,30-,35-,38-,42-,44-/m0/s1. The summed E-state index contributed by atoms with van der Waals surface area (Å²) in [6.45, 7) is 13.4. The number of pyridine rings is 1. The number of methoxy groups -OCH3 is 1. The van der Waals surface area contributed by atoms with E-state index in [1.54, 1.807) is 13.4 Å². The number of likely N-dealkylation sites (N-methyl/N-ethyl adjacent to an activating group) is 1. The first-order chi connectivity index (χ1) is 31.3. The highest BCUT2D eigenvalue weighted by molar-refractivity contribution is 5.95. The molecule has 7 aliphatic rings. The second kappa shape index (κ2) is 16.3. The molecular weight excluding hydrogens is 823 g/mol. The van der Waals surface area contributed by atoms with Crippen LogP contribution in [0.1, 0.15) is 108 Å². The van der Waals surface area contributed by atoms with E-state index in [0.717, 1.165) is 77.9 Å². The highest BCUT2D eigenvalue weighted by Crippen LogP contribution is 2.47. The number of benzene rings is 1. The zero-order valence-corrected chi connectivity index (χ0v) is 38.8. The van der Waals surface area contributed by atoms with Gasteiger partial charge in [0.1, 0.15) is 30.1 Å². The highest BCUT2D eigenvalue weighted by atomic mass is 16.5. The van der Waals surface area contributed by atoms with E-state index in [-0.39, 0.29) is 47.9 Å². The Bertz CT molecular complexity index is 2500. The molecule has 4 aromatic rings. The monoisotopic (exact) mass is 888 g/mol. The number of aromatic nitrogens is 3. The molecule has 346 valence electrons. The third kappa shape index (κ3) is 7.68. The molecule has 6 atom stereocenters. The van der Waals surface area contributed by atoms with Crippen LogP contribution in [0.2, 0.25) is 0 Å². The highest BCUT2D eigenvalue weighted by Gasteiger charge is 2.55. The number of cyclic esters (lactones) is 1. The molecule has 0 radical (unpaired) electrons. The van der Waals surface area contributed by atoms with Crippen LogP contribution in [0.3, 0.4) is 0 Å². The van der Waals surface area contributed by atoms with Crippen molar-refractivity contribution in [2.45, 2.75) is 121 Å². The molecule has 2 N–H and O–H groups in total. The molecule has 65 heavy (non-hydrogen) atoms. The van der Waals surface area contributed by atoms with Crippen molar-refractivity contribution in [1.82, 2.24) is 45.0 Å². The molecule has 11 rings (SSSR count). The van der Waals surface area contributed by atoms with Crippen LogP contribution in [0.4, 0.5) is 0 Å². The molecule has 2 saturated carbocycles. The Hall–Kier alpha value is -4.67. The molecule has 8 heterocycles. The molecule has 15 nitrogen and oxygen atoms in total. The van der Waals surface area contributed by atoms with Crippen molar-refractivity contribution in [3.63, 3.8) is 0 Å². The number of hydrazine groups is 1. The van der Waals surface area contributed by atoms with E-state index in [9.17, 15) is 9.59 Å². The molecule has 2 amide bonds. The van der Waals surface area contributed by atoms with Gasteiger partial charge in [-0.25, -0.2) is 10.4 Å². The van der Waals surface area contributed by atoms with Crippen LogP contribution in [-0.4, -0.2) is 136 Å². The number of likely N-dealkylation sites (tertiary alicyclic amines) is 3. The summed E-state index contributed by atoms with van der Waals surface area (Å²) in [5.41, 5.74) is 9.64. The molecule has 3 aromatic heterocycles. The Morgan fingerprint density at radius 1 is 1.05 bits per heavy atom. The number of fused-ring (bicyclic) bond motifs is 6. The number of oxazole rings is 1. The smallest absolute Gasteiger partial charge is 0.324 e. The number of nitrogens with zero attached hydrogens (tertiary/aromatic N) is 7. The third-order valence-electron chi connectivity index (χ3n) is 16.0. The SMILES string of the molecule is CO[C@@H](C)c1ncccc1-c1c2c3cc(ccc3n1C1CN(C3CC3)C1)-c1coc(n1)[C@@H](N1CC3(CCCN3C)C1)[C@H](NC(=O)[C@H]1C[C@@H]1C)C(=O)N1CCC[C@H](N1)C(=O)OCC(C)(C)C2. The molecule has 4 saturated heterocycles. The first kappa shape index (κ1) is 42.9. The Labute approximate surface area is 381 Å². The maximum Gasteiger partial charge on any atom is 0.324 e. The molecule has 0 unspecified atom stereocenters. The van der Waals surface area contributed by atoms with E-state index in [2.05, 4.69) is 82.1 Å². The first-order valence-electron chi connectivity index (χ1n) is 24.2. The van der Waals surface area contributed by atoms with E-state index in [4.69, 9.17) is 23.9 Å². The molecule has 1 aromatic carbocycles. The average Bonchev–Trinajstić information content (AvgIpc) is 4.13. The molecule has 2 aliphatic carbocycles. The lowest BCUT2D eigenvalue weighted by atomic mass is 9.84. The summed E-state index contributed by atoms with van der Waals surface area (Å²) in [4.78, 5) is 60.7. The Morgan fingerprint density at radius 2 is 1.85 bits per heavy atom. The second-order valence-electron chi connectivity index (χ2n) is 21.3. The van der Waals surface area contributed by atoms with E-state index < -0.39 is 29.5 Å². The number of amides is 2. The number of nitrogens with one attached hydrogen (secondary N) is 2. The van der Waals surface area contributed by atoms with Gasteiger partial charge in [-0.2, -0.15) is 0 Å². The number of rotatable bonds is 8. The summed E-state index contributed by atoms with van der Waals surface area (Å²) >= 11 is 0. The van der Waals surface area contributed by atoms with Gasteiger partial charge in [-0.3, -0.25) is 39.1 Å². The molecule has 1 spiro atoms. The summed E-state index contributed by atoms with van der Waals surface area (Å²) in [6.07, 6.45) is 10.5. The van der Waals surface area contributed by atoms with Gasteiger partial charge in [-0.1, -0.05) is 26.8 Å². The van der Waals surface area contributed by atoms with Gasteiger partial charge in [-0.15, -0.1) is 0 Å². The van der Waals surface area contributed by atoms with Crippen molar-refractivity contribution in [2.24, 2.45) is 17.3 Å². The first-order valence-corrected chi connectivity index (χ1v) is 24.2. The van der Waals surface area contributed by atoms with Crippen molar-refractivity contribution in [2.75, 3.05) is 60.0 Å². The Morgan fingerprint density at radius 3 is 2.57 bits per heavy atom. The van der Waals surface area contributed by atoms with E-state index >= 15 is 4.79 Å². The number of carbonyl (C=O) groups is 3. The van der Waals surface area contributed by atoms with E-state index in [0.29, 0.717) is 56.5 Å². The van der Waals surface area contributed by atoms with Gasteiger partial charge in [0, 0.05) is 91.0 Å². The van der Waals surface area contributed by atoms with Gasteiger partial charge in [0.05, 0.1) is 30.1 Å². The van der Waals surface area contributed by atoms with Crippen LogP contribution in [0.25, 0.3) is 33.4 Å². The topological polar surface area (TPSA) is 151 Å². The van der Waals surface area contributed by atoms with Crippen LogP contribution in [0.5, 0.6) is 0 Å². The van der Waals surface area contributed by atoms with Gasteiger partial charge in [-0.05, 0) is 108 Å². The van der Waals surface area contributed by atoms with Crippen LogP contribution in [0.15, 0.2) is 47.2 Å². The number of ether oxygens (including phenoxy) is 2. The zero-order valence-electron chi connectivity index (χ0n) is 38.8. The predicted molar refractivity (Wildman–Crippen MR) is 244 cm³/mol. The Kier molecular flexibility index (Phi) is 10.8. The second-order valence-corrected chi connectivity index (χ2v) is 21.3. The fourth-order valence-electron chi connectivity index (χ4n) is 11.7. The minimum atomic E-state index is -1.02. The number of esters is 1. The summed E-state index contributed by atoms with van der Waals surface area (Å²) in [5, 5.41) is 5.86. The lowest BCUT2D eigenvalue weighted by molar-refractivity contribution is -0.157. The minimum Gasteiger partial charge on any atom is -0.464 e. The molecule has 5 aliphatic heterocycles. The van der Waals surface area contributed by atoms with Crippen LogP contribution < -0.4 is 10.7 Å². The summed E-state index contributed by atoms with van der Waals surface area (Å²) in [7, 11) is 3.91. The van der Waals surface area contributed by atoms with Crippen molar-refractivity contribution in [3.05, 3.63) is 59.9 Å². The van der Waals surface area contributed by atoms with Crippen LogP contribution in [0, 0.1) is 17.3 Å². The largest absolute Gasteiger partial charge is 0.464 e. The molecular formula is C50H65N9O6. The van der Waals surface area contributed by atoms with Crippen molar-refractivity contribution < 1.29 is 28.3 Å². The lowest BCUT2D eigenvalue weighted by Crippen LogP contribution is -2.70.